The van der Waals surface area contributed by atoms with Crippen LogP contribution in [0.4, 0.5) is 0 Å². The number of carbonyl (C=O) groups excluding carboxylic acids is 1. The molecule has 31 heavy (non-hydrogen) atoms. The van der Waals surface area contributed by atoms with E-state index in [0.29, 0.717) is 41.5 Å². The lowest BCUT2D eigenvalue weighted by atomic mass is 10.1. The Bertz CT molecular complexity index is 1140. The molecule has 0 saturated carbocycles. The van der Waals surface area contributed by atoms with E-state index in [-0.39, 0.29) is 11.5 Å². The molecule has 160 valence electrons. The molecule has 0 aliphatic carbocycles. The van der Waals surface area contributed by atoms with E-state index in [1.807, 2.05) is 12.1 Å². The summed E-state index contributed by atoms with van der Waals surface area (Å²) in [7, 11) is 3.06. The predicted octanol–water partition coefficient (Wildman–Crippen LogP) is 2.98. The number of aromatic nitrogens is 3. The van der Waals surface area contributed by atoms with Gasteiger partial charge in [0.2, 0.25) is 0 Å². The second-order valence-corrected chi connectivity index (χ2v) is 7.31. The van der Waals surface area contributed by atoms with Gasteiger partial charge in [0.25, 0.3) is 11.5 Å². The quantitative estimate of drug-likeness (QED) is 0.682. The molecule has 3 heterocycles. The number of amides is 1. The molecular formula is C23H24N4O4. The number of rotatable bonds is 5. The van der Waals surface area contributed by atoms with Gasteiger partial charge in [0, 0.05) is 36.6 Å². The highest BCUT2D eigenvalue weighted by molar-refractivity contribution is 5.97. The minimum atomic E-state index is -0.392. The number of ether oxygens (including phenoxy) is 2. The maximum absolute atomic E-state index is 13.1. The minimum absolute atomic E-state index is 0.125. The number of hydrogen-bond donors (Lipinski definition) is 1. The summed E-state index contributed by atoms with van der Waals surface area (Å²) in [4.78, 5) is 34.7. The van der Waals surface area contributed by atoms with E-state index in [1.54, 1.807) is 42.3 Å². The monoisotopic (exact) mass is 420 g/mol. The van der Waals surface area contributed by atoms with Gasteiger partial charge in [-0.25, -0.2) is 4.98 Å². The molecule has 0 radical (unpaired) electrons. The van der Waals surface area contributed by atoms with Crippen molar-refractivity contribution in [2.24, 2.45) is 0 Å². The molecule has 8 nitrogen and oxygen atoms in total. The van der Waals surface area contributed by atoms with Crippen molar-refractivity contribution < 1.29 is 14.3 Å². The second-order valence-electron chi connectivity index (χ2n) is 7.31. The first kappa shape index (κ1) is 20.6. The SMILES string of the molecule is COc1ccc(C(=O)NC2CCCCn3c2nc(-c2ccncc2)cc3=O)c(OC)c1. The number of methoxy groups -OCH3 is 2. The molecule has 1 atom stereocenters. The molecule has 1 unspecified atom stereocenters. The van der Waals surface area contributed by atoms with Crippen LogP contribution in [0.15, 0.2) is 53.6 Å². The fraction of sp³-hybridized carbons (Fsp3) is 0.304. The van der Waals surface area contributed by atoms with E-state index in [1.165, 1.54) is 13.2 Å². The first-order chi connectivity index (χ1) is 15.1. The highest BCUT2D eigenvalue weighted by Gasteiger charge is 2.25. The van der Waals surface area contributed by atoms with Crippen molar-refractivity contribution in [3.8, 4) is 22.8 Å². The molecule has 2 aromatic heterocycles. The minimum Gasteiger partial charge on any atom is -0.497 e. The lowest BCUT2D eigenvalue weighted by molar-refractivity contribution is 0.0929. The van der Waals surface area contributed by atoms with Crippen LogP contribution in [0.1, 0.15) is 41.5 Å². The van der Waals surface area contributed by atoms with E-state index in [2.05, 4.69) is 10.3 Å². The van der Waals surface area contributed by atoms with Crippen LogP contribution in [-0.4, -0.2) is 34.7 Å². The number of benzene rings is 1. The third-order valence-electron chi connectivity index (χ3n) is 5.41. The van der Waals surface area contributed by atoms with Gasteiger partial charge >= 0.3 is 0 Å². The summed E-state index contributed by atoms with van der Waals surface area (Å²) in [6, 6.07) is 9.81. The highest BCUT2D eigenvalue weighted by atomic mass is 16.5. The summed E-state index contributed by atoms with van der Waals surface area (Å²) in [5, 5.41) is 3.06. The van der Waals surface area contributed by atoms with E-state index >= 15 is 0 Å². The Morgan fingerprint density at radius 1 is 1.10 bits per heavy atom. The van der Waals surface area contributed by atoms with Crippen LogP contribution >= 0.6 is 0 Å². The molecule has 1 aliphatic rings. The summed E-state index contributed by atoms with van der Waals surface area (Å²) in [6.07, 6.45) is 5.74. The number of pyridine rings is 1. The number of nitrogens with zero attached hydrogens (tertiary/aromatic N) is 3. The van der Waals surface area contributed by atoms with Crippen molar-refractivity contribution in [1.29, 1.82) is 0 Å². The second kappa shape index (κ2) is 8.99. The molecule has 0 spiro atoms. The van der Waals surface area contributed by atoms with Gasteiger partial charge in [-0.15, -0.1) is 0 Å². The molecule has 3 aromatic rings. The van der Waals surface area contributed by atoms with Gasteiger partial charge in [-0.2, -0.15) is 0 Å². The zero-order valence-corrected chi connectivity index (χ0v) is 17.5. The van der Waals surface area contributed by atoms with E-state index in [9.17, 15) is 9.59 Å². The summed E-state index contributed by atoms with van der Waals surface area (Å²) >= 11 is 0. The van der Waals surface area contributed by atoms with Gasteiger partial charge in [-0.1, -0.05) is 0 Å². The standard InChI is InChI=1S/C23H24N4O4/c1-30-16-6-7-17(20(13-16)31-2)23(29)26-18-5-3-4-12-27-21(28)14-19(25-22(18)27)15-8-10-24-11-9-15/h6-11,13-14,18H,3-5,12H2,1-2H3,(H,26,29). The van der Waals surface area contributed by atoms with Gasteiger partial charge in [-0.05, 0) is 43.5 Å². The Hall–Kier alpha value is -3.68. The summed E-state index contributed by atoms with van der Waals surface area (Å²) < 4.78 is 12.2. The largest absolute Gasteiger partial charge is 0.497 e. The van der Waals surface area contributed by atoms with Crippen molar-refractivity contribution in [3.63, 3.8) is 0 Å². The number of hydrogen-bond acceptors (Lipinski definition) is 6. The molecule has 0 fully saturated rings. The molecule has 4 rings (SSSR count). The van der Waals surface area contributed by atoms with Crippen LogP contribution in [0.3, 0.4) is 0 Å². The van der Waals surface area contributed by atoms with Crippen molar-refractivity contribution in [1.82, 2.24) is 19.9 Å². The maximum atomic E-state index is 13.1. The van der Waals surface area contributed by atoms with Crippen molar-refractivity contribution in [2.45, 2.75) is 31.8 Å². The average molecular weight is 420 g/mol. The predicted molar refractivity (Wildman–Crippen MR) is 115 cm³/mol. The highest BCUT2D eigenvalue weighted by Crippen LogP contribution is 2.28. The van der Waals surface area contributed by atoms with Crippen molar-refractivity contribution in [3.05, 3.63) is 70.5 Å². The first-order valence-electron chi connectivity index (χ1n) is 10.2. The number of nitrogens with one attached hydrogen (secondary N) is 1. The van der Waals surface area contributed by atoms with Gasteiger partial charge in [-0.3, -0.25) is 19.1 Å². The maximum Gasteiger partial charge on any atom is 0.255 e. The normalized spacial score (nSPS) is 15.5. The zero-order valence-electron chi connectivity index (χ0n) is 17.5. The smallest absolute Gasteiger partial charge is 0.255 e. The van der Waals surface area contributed by atoms with Gasteiger partial charge < -0.3 is 14.8 Å². The van der Waals surface area contributed by atoms with Crippen LogP contribution in [0.5, 0.6) is 11.5 Å². The van der Waals surface area contributed by atoms with Crippen LogP contribution < -0.4 is 20.3 Å². The average Bonchev–Trinajstić information content (AvgIpc) is 3.01. The Kier molecular flexibility index (Phi) is 5.97. The third kappa shape index (κ3) is 4.28. The molecule has 1 N–H and O–H groups in total. The molecule has 1 aromatic carbocycles. The lowest BCUT2D eigenvalue weighted by Gasteiger charge is -2.20. The molecule has 0 saturated heterocycles. The molecule has 8 heteroatoms. The van der Waals surface area contributed by atoms with E-state index < -0.39 is 6.04 Å². The van der Waals surface area contributed by atoms with Gasteiger partial charge in [0.1, 0.15) is 17.3 Å². The van der Waals surface area contributed by atoms with E-state index in [0.717, 1.165) is 18.4 Å². The summed E-state index contributed by atoms with van der Waals surface area (Å²) in [5.74, 6) is 1.30. The number of fused-ring (bicyclic) bond motifs is 1. The Balaban J connectivity index is 1.70. The molecule has 1 aliphatic heterocycles. The fourth-order valence-corrected chi connectivity index (χ4v) is 3.79. The number of carbonyl (C=O) groups is 1. The Labute approximate surface area is 179 Å². The molecular weight excluding hydrogens is 396 g/mol. The van der Waals surface area contributed by atoms with Crippen LogP contribution in [0, 0.1) is 0 Å². The van der Waals surface area contributed by atoms with E-state index in [4.69, 9.17) is 14.5 Å². The van der Waals surface area contributed by atoms with Gasteiger partial charge in [0.05, 0.1) is 31.5 Å². The topological polar surface area (TPSA) is 95.3 Å². The lowest BCUT2D eigenvalue weighted by Crippen LogP contribution is -2.34. The fourth-order valence-electron chi connectivity index (χ4n) is 3.79. The summed E-state index contributed by atoms with van der Waals surface area (Å²) in [6.45, 7) is 0.579. The Morgan fingerprint density at radius 3 is 2.65 bits per heavy atom. The zero-order chi connectivity index (χ0) is 21.8. The third-order valence-corrected chi connectivity index (χ3v) is 5.41. The van der Waals surface area contributed by atoms with Crippen molar-refractivity contribution >= 4 is 5.91 Å². The van der Waals surface area contributed by atoms with Crippen molar-refractivity contribution in [2.75, 3.05) is 14.2 Å². The van der Waals surface area contributed by atoms with Crippen LogP contribution in [0.25, 0.3) is 11.3 Å². The molecule has 0 bridgehead atoms. The first-order valence-corrected chi connectivity index (χ1v) is 10.2. The van der Waals surface area contributed by atoms with Crippen LogP contribution in [-0.2, 0) is 6.54 Å². The Morgan fingerprint density at radius 2 is 1.90 bits per heavy atom. The van der Waals surface area contributed by atoms with Crippen LogP contribution in [0.2, 0.25) is 0 Å². The summed E-state index contributed by atoms with van der Waals surface area (Å²) in [5.41, 5.74) is 1.65. The molecule has 1 amide bonds. The van der Waals surface area contributed by atoms with Gasteiger partial charge in [0.15, 0.2) is 0 Å².